The van der Waals surface area contributed by atoms with E-state index < -0.39 is 13.8 Å². The summed E-state index contributed by atoms with van der Waals surface area (Å²) in [6, 6.07) is 11.1. The molecule has 0 amide bonds. The molecule has 0 fully saturated rings. The highest BCUT2D eigenvalue weighted by atomic mass is 28.3. The number of nitrogens with zero attached hydrogens (tertiary/aromatic N) is 7. The molecular weight excluding hydrogens is 567 g/mol. The lowest BCUT2D eigenvalue weighted by Crippen LogP contribution is -2.24. The number of ether oxygens (including phenoxy) is 1. The number of rotatable bonds is 9. The first kappa shape index (κ1) is 28.5. The summed E-state index contributed by atoms with van der Waals surface area (Å²) in [5, 5.41) is 10.2. The van der Waals surface area contributed by atoms with Gasteiger partial charge in [-0.1, -0.05) is 19.6 Å². The van der Waals surface area contributed by atoms with Crippen molar-refractivity contribution in [3.05, 3.63) is 82.3 Å². The number of hydrogen-bond acceptors (Lipinski definition) is 8. The fourth-order valence-corrected chi connectivity index (χ4v) is 5.89. The minimum absolute atomic E-state index is 0.0349. The number of oxazole rings is 1. The van der Waals surface area contributed by atoms with Crippen molar-refractivity contribution in [1.29, 1.82) is 0 Å². The molecule has 0 spiro atoms. The van der Waals surface area contributed by atoms with Crippen molar-refractivity contribution in [2.24, 2.45) is 0 Å². The Morgan fingerprint density at radius 2 is 1.84 bits per heavy atom. The maximum absolute atomic E-state index is 13.9. The average Bonchev–Trinajstić information content (AvgIpc) is 3.64. The molecule has 0 aliphatic carbocycles. The number of hydrogen-bond donors (Lipinski definition) is 1. The van der Waals surface area contributed by atoms with E-state index >= 15 is 0 Å². The zero-order valence-corrected chi connectivity index (χ0v) is 25.8. The summed E-state index contributed by atoms with van der Waals surface area (Å²) in [4.78, 5) is 22.4. The molecule has 0 atom stereocenters. The number of fused-ring (bicyclic) bond motifs is 2. The molecule has 0 aliphatic rings. The van der Waals surface area contributed by atoms with Crippen molar-refractivity contribution in [1.82, 2.24) is 33.9 Å². The van der Waals surface area contributed by atoms with E-state index in [-0.39, 0.29) is 18.3 Å². The van der Waals surface area contributed by atoms with Crippen LogP contribution in [0.1, 0.15) is 17.0 Å². The van der Waals surface area contributed by atoms with Crippen LogP contribution in [0.15, 0.2) is 58.2 Å². The smallest absolute Gasteiger partial charge is 0.353 e. The SMILES string of the molecule is Cc1ocnc1Cn1nc2c(-c3cc(C)c4c(cnn4COCC[Si](C)(C)C)c3)c(-c3ccc(F)cc3)nc(N)n2c1=O. The van der Waals surface area contributed by atoms with Crippen LogP contribution in [0.25, 0.3) is 38.9 Å². The second-order valence-electron chi connectivity index (χ2n) is 11.9. The molecule has 222 valence electrons. The van der Waals surface area contributed by atoms with Gasteiger partial charge in [-0.2, -0.15) is 5.10 Å². The van der Waals surface area contributed by atoms with Gasteiger partial charge < -0.3 is 14.9 Å². The zero-order valence-electron chi connectivity index (χ0n) is 24.8. The monoisotopic (exact) mass is 600 g/mol. The van der Waals surface area contributed by atoms with E-state index in [1.807, 2.05) is 23.7 Å². The van der Waals surface area contributed by atoms with E-state index in [0.29, 0.717) is 47.3 Å². The molecular formula is C30H33FN8O3Si. The summed E-state index contributed by atoms with van der Waals surface area (Å²) in [6.45, 7) is 11.9. The summed E-state index contributed by atoms with van der Waals surface area (Å²) in [5.41, 5.74) is 11.1. The van der Waals surface area contributed by atoms with Gasteiger partial charge in [0.2, 0.25) is 5.95 Å². The Morgan fingerprint density at radius 3 is 2.53 bits per heavy atom. The van der Waals surface area contributed by atoms with Crippen LogP contribution in [0.5, 0.6) is 0 Å². The van der Waals surface area contributed by atoms with Gasteiger partial charge in [-0.25, -0.2) is 32.9 Å². The molecule has 0 aliphatic heterocycles. The Kier molecular flexibility index (Phi) is 7.22. The first-order chi connectivity index (χ1) is 20.5. The van der Waals surface area contributed by atoms with E-state index in [9.17, 15) is 9.18 Å². The van der Waals surface area contributed by atoms with Crippen LogP contribution in [0, 0.1) is 19.7 Å². The van der Waals surface area contributed by atoms with Crippen molar-refractivity contribution in [2.45, 2.75) is 52.8 Å². The van der Waals surface area contributed by atoms with Crippen LogP contribution in [0.2, 0.25) is 25.7 Å². The maximum atomic E-state index is 13.9. The molecule has 0 saturated heterocycles. The van der Waals surface area contributed by atoms with Crippen molar-refractivity contribution < 1.29 is 13.5 Å². The predicted octanol–water partition coefficient (Wildman–Crippen LogP) is 5.26. The van der Waals surface area contributed by atoms with Gasteiger partial charge in [-0.05, 0) is 67.4 Å². The molecule has 43 heavy (non-hydrogen) atoms. The third-order valence-electron chi connectivity index (χ3n) is 7.44. The van der Waals surface area contributed by atoms with Crippen LogP contribution in [-0.2, 0) is 18.0 Å². The Hall–Kier alpha value is -4.62. The molecule has 4 heterocycles. The van der Waals surface area contributed by atoms with E-state index in [4.69, 9.17) is 20.0 Å². The molecule has 6 aromatic rings. The van der Waals surface area contributed by atoms with Crippen molar-refractivity contribution >= 4 is 30.6 Å². The van der Waals surface area contributed by atoms with Gasteiger partial charge in [0.25, 0.3) is 0 Å². The minimum atomic E-state index is -1.21. The molecule has 4 aromatic heterocycles. The van der Waals surface area contributed by atoms with Gasteiger partial charge >= 0.3 is 5.69 Å². The summed E-state index contributed by atoms with van der Waals surface area (Å²) in [7, 11) is -1.21. The van der Waals surface area contributed by atoms with E-state index in [2.05, 4.69) is 34.7 Å². The van der Waals surface area contributed by atoms with Crippen LogP contribution in [-0.4, -0.2) is 48.6 Å². The summed E-state index contributed by atoms with van der Waals surface area (Å²) in [6.07, 6.45) is 3.13. The summed E-state index contributed by atoms with van der Waals surface area (Å²) >= 11 is 0. The molecule has 13 heteroatoms. The van der Waals surface area contributed by atoms with Gasteiger partial charge in [0.1, 0.15) is 24.0 Å². The van der Waals surface area contributed by atoms with Crippen LogP contribution < -0.4 is 11.4 Å². The second-order valence-corrected chi connectivity index (χ2v) is 17.5. The average molecular weight is 601 g/mol. The molecule has 2 aromatic carbocycles. The third kappa shape index (κ3) is 5.48. The van der Waals surface area contributed by atoms with Gasteiger partial charge in [0, 0.05) is 25.6 Å². The van der Waals surface area contributed by atoms with Gasteiger partial charge in [-0.15, -0.1) is 5.10 Å². The van der Waals surface area contributed by atoms with Crippen molar-refractivity contribution in [2.75, 3.05) is 12.3 Å². The van der Waals surface area contributed by atoms with Crippen LogP contribution in [0.4, 0.5) is 10.3 Å². The lowest BCUT2D eigenvalue weighted by Gasteiger charge is -2.16. The largest absolute Gasteiger partial charge is 0.448 e. The predicted molar refractivity (Wildman–Crippen MR) is 165 cm³/mol. The fraction of sp³-hybridized carbons (Fsp3) is 0.300. The number of benzene rings is 2. The number of anilines is 1. The minimum Gasteiger partial charge on any atom is -0.448 e. The van der Waals surface area contributed by atoms with E-state index in [1.54, 1.807) is 25.3 Å². The van der Waals surface area contributed by atoms with E-state index in [1.165, 1.54) is 27.6 Å². The molecule has 0 radical (unpaired) electrons. The maximum Gasteiger partial charge on any atom is 0.353 e. The Balaban J connectivity index is 1.50. The third-order valence-corrected chi connectivity index (χ3v) is 9.14. The van der Waals surface area contributed by atoms with E-state index in [0.717, 1.165) is 28.1 Å². The highest BCUT2D eigenvalue weighted by Gasteiger charge is 2.23. The first-order valence-electron chi connectivity index (χ1n) is 14.0. The molecule has 0 bridgehead atoms. The second kappa shape index (κ2) is 10.9. The topological polar surface area (TPSA) is 131 Å². The normalized spacial score (nSPS) is 12.1. The van der Waals surface area contributed by atoms with Crippen molar-refractivity contribution in [3.8, 4) is 22.4 Å². The van der Waals surface area contributed by atoms with Crippen LogP contribution >= 0.6 is 0 Å². The lowest BCUT2D eigenvalue weighted by atomic mass is 9.97. The molecule has 6 rings (SSSR count). The molecule has 0 unspecified atom stereocenters. The summed E-state index contributed by atoms with van der Waals surface area (Å²) < 4.78 is 29.6. The Labute approximate surface area is 247 Å². The first-order valence-corrected chi connectivity index (χ1v) is 17.7. The number of halogens is 1. The fourth-order valence-electron chi connectivity index (χ4n) is 5.13. The molecule has 2 N–H and O–H groups in total. The highest BCUT2D eigenvalue weighted by Crippen LogP contribution is 2.37. The van der Waals surface area contributed by atoms with Gasteiger partial charge in [0.05, 0.1) is 29.5 Å². The lowest BCUT2D eigenvalue weighted by molar-refractivity contribution is 0.0816. The van der Waals surface area contributed by atoms with Crippen molar-refractivity contribution in [3.63, 3.8) is 0 Å². The highest BCUT2D eigenvalue weighted by molar-refractivity contribution is 6.76. The Morgan fingerprint density at radius 1 is 1.07 bits per heavy atom. The summed E-state index contributed by atoms with van der Waals surface area (Å²) in [5.74, 6) is 0.177. The number of nitrogens with two attached hydrogens (primary N) is 1. The van der Waals surface area contributed by atoms with Gasteiger partial charge in [0.15, 0.2) is 12.0 Å². The van der Waals surface area contributed by atoms with Crippen LogP contribution in [0.3, 0.4) is 0 Å². The molecule has 0 saturated carbocycles. The number of aryl methyl sites for hydroxylation is 2. The number of aromatic nitrogens is 7. The zero-order chi connectivity index (χ0) is 30.5. The number of nitrogen functional groups attached to an aromatic ring is 1. The Bertz CT molecular complexity index is 2020. The quantitative estimate of drug-likeness (QED) is 0.176. The molecule has 11 nitrogen and oxygen atoms in total. The standard InChI is InChI=1S/C30H33FN8O3Si/c1-18-12-21(13-22-14-34-38(27(18)22)17-41-10-11-43(3,4)5)25-26(20-6-8-23(31)9-7-20)35-29(32)39-28(25)36-37(30(39)40)15-24-19(2)42-16-33-24/h6-9,12-14,16H,10-11,15,17H2,1-5H3,(H2,32,35). The van der Waals surface area contributed by atoms with Gasteiger partial charge in [-0.3, -0.25) is 0 Å².